The molecule has 0 aliphatic heterocycles. The van der Waals surface area contributed by atoms with Crippen molar-refractivity contribution in [1.29, 1.82) is 5.26 Å². The van der Waals surface area contributed by atoms with Gasteiger partial charge >= 0.3 is 0 Å². The van der Waals surface area contributed by atoms with Gasteiger partial charge in [-0.3, -0.25) is 4.79 Å². The molecule has 18 heavy (non-hydrogen) atoms. The van der Waals surface area contributed by atoms with Gasteiger partial charge < -0.3 is 5.32 Å². The number of carbonyl (C=O) groups excluding carboxylic acids is 1. The number of nitriles is 1. The number of carbonyl (C=O) groups is 1. The molecule has 2 aromatic heterocycles. The number of amides is 1. The van der Waals surface area contributed by atoms with Gasteiger partial charge in [-0.25, -0.2) is 9.97 Å². The van der Waals surface area contributed by atoms with Crippen molar-refractivity contribution in [3.63, 3.8) is 0 Å². The molecule has 0 aliphatic rings. The van der Waals surface area contributed by atoms with Gasteiger partial charge in [0, 0.05) is 11.9 Å². The fourth-order valence-electron chi connectivity index (χ4n) is 1.38. The zero-order valence-electron chi connectivity index (χ0n) is 9.71. The Labute approximate surface area is 104 Å². The predicted molar refractivity (Wildman–Crippen MR) is 65.9 cm³/mol. The van der Waals surface area contributed by atoms with Crippen molar-refractivity contribution in [2.45, 2.75) is 6.92 Å². The van der Waals surface area contributed by atoms with Gasteiger partial charge in [-0.2, -0.15) is 5.26 Å². The third kappa shape index (κ3) is 2.68. The van der Waals surface area contributed by atoms with Crippen LogP contribution in [0, 0.1) is 18.3 Å². The van der Waals surface area contributed by atoms with Gasteiger partial charge in [-0.15, -0.1) is 0 Å². The molecule has 0 atom stereocenters. The largest absolute Gasteiger partial charge is 0.305 e. The van der Waals surface area contributed by atoms with Gasteiger partial charge in [0.1, 0.15) is 17.6 Å². The van der Waals surface area contributed by atoms with Crippen LogP contribution in [0.5, 0.6) is 0 Å². The van der Waals surface area contributed by atoms with Gasteiger partial charge in [0.2, 0.25) is 0 Å². The van der Waals surface area contributed by atoms with Gasteiger partial charge in [0.25, 0.3) is 5.91 Å². The number of anilines is 1. The second-order valence-electron chi connectivity index (χ2n) is 3.66. The average molecular weight is 238 g/mol. The molecule has 1 N–H and O–H groups in total. The SMILES string of the molecule is Cc1cccc(C(=O)Nc2ccc(C#N)cn2)n1. The molecule has 0 aliphatic carbocycles. The smallest absolute Gasteiger partial charge is 0.275 e. The van der Waals surface area contributed by atoms with E-state index in [9.17, 15) is 4.79 Å². The van der Waals surface area contributed by atoms with Crippen molar-refractivity contribution in [3.05, 3.63) is 53.5 Å². The number of hydrogen-bond acceptors (Lipinski definition) is 4. The van der Waals surface area contributed by atoms with Crippen LogP contribution in [0.3, 0.4) is 0 Å². The highest BCUT2D eigenvalue weighted by molar-refractivity contribution is 6.02. The molecule has 2 rings (SSSR count). The monoisotopic (exact) mass is 238 g/mol. The topological polar surface area (TPSA) is 78.7 Å². The van der Waals surface area contributed by atoms with E-state index in [0.717, 1.165) is 5.69 Å². The van der Waals surface area contributed by atoms with Gasteiger partial charge in [0.05, 0.1) is 5.56 Å². The van der Waals surface area contributed by atoms with Crippen molar-refractivity contribution in [1.82, 2.24) is 9.97 Å². The molecule has 0 spiro atoms. The first-order valence-corrected chi connectivity index (χ1v) is 5.30. The Morgan fingerprint density at radius 1 is 1.33 bits per heavy atom. The highest BCUT2D eigenvalue weighted by Gasteiger charge is 2.08. The van der Waals surface area contributed by atoms with Crippen LogP contribution in [0.25, 0.3) is 0 Å². The average Bonchev–Trinajstić information content (AvgIpc) is 2.39. The number of aromatic nitrogens is 2. The molecule has 0 saturated carbocycles. The zero-order chi connectivity index (χ0) is 13.0. The Balaban J connectivity index is 2.14. The molecular weight excluding hydrogens is 228 g/mol. The van der Waals surface area contributed by atoms with E-state index in [4.69, 9.17) is 5.26 Å². The number of aryl methyl sites for hydroxylation is 1. The van der Waals surface area contributed by atoms with Crippen molar-refractivity contribution in [2.24, 2.45) is 0 Å². The number of nitrogens with zero attached hydrogens (tertiary/aromatic N) is 3. The first-order chi connectivity index (χ1) is 8.69. The lowest BCUT2D eigenvalue weighted by Crippen LogP contribution is -2.14. The van der Waals surface area contributed by atoms with Gasteiger partial charge in [-0.05, 0) is 31.2 Å². The Bertz CT molecular complexity index is 614. The molecule has 2 aromatic rings. The summed E-state index contributed by atoms with van der Waals surface area (Å²) < 4.78 is 0. The summed E-state index contributed by atoms with van der Waals surface area (Å²) in [7, 11) is 0. The van der Waals surface area contributed by atoms with Crippen LogP contribution in [0.15, 0.2) is 36.5 Å². The summed E-state index contributed by atoms with van der Waals surface area (Å²) in [5, 5.41) is 11.2. The molecule has 2 heterocycles. The van der Waals surface area contributed by atoms with Crippen molar-refractivity contribution in [3.8, 4) is 6.07 Å². The second kappa shape index (κ2) is 5.06. The summed E-state index contributed by atoms with van der Waals surface area (Å²) in [5.74, 6) is 0.0678. The van der Waals surface area contributed by atoms with E-state index in [1.54, 1.807) is 24.3 Å². The zero-order valence-corrected chi connectivity index (χ0v) is 9.71. The van der Waals surface area contributed by atoms with Crippen LogP contribution >= 0.6 is 0 Å². The van der Waals surface area contributed by atoms with Crippen LogP contribution in [0.2, 0.25) is 0 Å². The Kier molecular flexibility index (Phi) is 3.30. The summed E-state index contributed by atoms with van der Waals surface area (Å²) >= 11 is 0. The minimum Gasteiger partial charge on any atom is -0.305 e. The maximum Gasteiger partial charge on any atom is 0.275 e. The molecule has 5 heteroatoms. The highest BCUT2D eigenvalue weighted by atomic mass is 16.1. The van der Waals surface area contributed by atoms with Crippen molar-refractivity contribution in [2.75, 3.05) is 5.32 Å². The maximum absolute atomic E-state index is 11.8. The fraction of sp³-hybridized carbons (Fsp3) is 0.0769. The van der Waals surface area contributed by atoms with E-state index in [2.05, 4.69) is 15.3 Å². The summed E-state index contributed by atoms with van der Waals surface area (Å²) in [6.07, 6.45) is 1.40. The van der Waals surface area contributed by atoms with Crippen molar-refractivity contribution < 1.29 is 4.79 Å². The Morgan fingerprint density at radius 3 is 2.78 bits per heavy atom. The summed E-state index contributed by atoms with van der Waals surface area (Å²) in [5.41, 5.74) is 1.55. The lowest BCUT2D eigenvalue weighted by Gasteiger charge is -2.04. The molecule has 0 unspecified atom stereocenters. The fourth-order valence-corrected chi connectivity index (χ4v) is 1.38. The molecule has 5 nitrogen and oxygen atoms in total. The van der Waals surface area contributed by atoms with E-state index in [1.165, 1.54) is 6.20 Å². The Morgan fingerprint density at radius 2 is 2.17 bits per heavy atom. The number of rotatable bonds is 2. The van der Waals surface area contributed by atoms with Gasteiger partial charge in [-0.1, -0.05) is 6.07 Å². The summed E-state index contributed by atoms with van der Waals surface area (Å²) in [6, 6.07) is 10.3. The predicted octanol–water partition coefficient (Wildman–Crippen LogP) is 1.91. The van der Waals surface area contributed by atoms with Crippen LogP contribution in [-0.2, 0) is 0 Å². The number of nitrogens with one attached hydrogen (secondary N) is 1. The van der Waals surface area contributed by atoms with Crippen LogP contribution in [0.1, 0.15) is 21.7 Å². The summed E-state index contributed by atoms with van der Waals surface area (Å²) in [4.78, 5) is 19.9. The molecular formula is C13H10N4O. The molecule has 0 saturated heterocycles. The highest BCUT2D eigenvalue weighted by Crippen LogP contribution is 2.06. The van der Waals surface area contributed by atoms with Crippen LogP contribution in [0.4, 0.5) is 5.82 Å². The molecule has 0 aromatic carbocycles. The minimum absolute atomic E-state index is 0.323. The number of pyridine rings is 2. The van der Waals surface area contributed by atoms with E-state index >= 15 is 0 Å². The van der Waals surface area contributed by atoms with Crippen molar-refractivity contribution >= 4 is 11.7 Å². The molecule has 0 fully saturated rings. The molecule has 88 valence electrons. The van der Waals surface area contributed by atoms with E-state index in [1.807, 2.05) is 19.1 Å². The quantitative estimate of drug-likeness (QED) is 0.866. The second-order valence-corrected chi connectivity index (χ2v) is 3.66. The van der Waals surface area contributed by atoms with Gasteiger partial charge in [0.15, 0.2) is 0 Å². The maximum atomic E-state index is 11.8. The molecule has 0 radical (unpaired) electrons. The summed E-state index contributed by atoms with van der Waals surface area (Å²) in [6.45, 7) is 1.82. The standard InChI is InChI=1S/C13H10N4O/c1-9-3-2-4-11(16-9)13(18)17-12-6-5-10(7-14)8-15-12/h2-6,8H,1H3,(H,15,17,18). The lowest BCUT2D eigenvalue weighted by molar-refractivity contribution is 0.102. The normalized spacial score (nSPS) is 9.56. The van der Waals surface area contributed by atoms with Crippen LogP contribution < -0.4 is 5.32 Å². The van der Waals surface area contributed by atoms with E-state index in [-0.39, 0.29) is 5.91 Å². The van der Waals surface area contributed by atoms with E-state index in [0.29, 0.717) is 17.1 Å². The lowest BCUT2D eigenvalue weighted by atomic mass is 10.3. The van der Waals surface area contributed by atoms with Crippen LogP contribution in [-0.4, -0.2) is 15.9 Å². The van der Waals surface area contributed by atoms with E-state index < -0.39 is 0 Å². The minimum atomic E-state index is -0.323. The first kappa shape index (κ1) is 11.7. The first-order valence-electron chi connectivity index (χ1n) is 5.30. The Hall–Kier alpha value is -2.74. The third-order valence-corrected chi connectivity index (χ3v) is 2.26. The molecule has 0 bridgehead atoms. The third-order valence-electron chi connectivity index (χ3n) is 2.26. The number of hydrogen-bond donors (Lipinski definition) is 1. The molecule has 1 amide bonds.